The first-order chi connectivity index (χ1) is 5.15. The van der Waals surface area contributed by atoms with Crippen LogP contribution in [0.15, 0.2) is 17.3 Å². The topological polar surface area (TPSA) is 49.7 Å². The number of hydrogen-bond acceptors (Lipinski definition) is 3. The molecule has 0 unspecified atom stereocenters. The number of nitrogens with zero attached hydrogens (tertiary/aromatic N) is 1. The third-order valence-electron chi connectivity index (χ3n) is 1.28. The SMILES string of the molecule is Cc1cc(O)c(F)c(N=O)c1. The second-order valence-corrected chi connectivity index (χ2v) is 2.21. The highest BCUT2D eigenvalue weighted by Crippen LogP contribution is 2.27. The predicted molar refractivity (Wildman–Crippen MR) is 38.3 cm³/mol. The molecule has 0 saturated carbocycles. The first-order valence-corrected chi connectivity index (χ1v) is 2.97. The van der Waals surface area contributed by atoms with Crippen LogP contribution in [0.2, 0.25) is 0 Å². The van der Waals surface area contributed by atoms with Gasteiger partial charge in [0.15, 0.2) is 11.6 Å². The lowest BCUT2D eigenvalue weighted by Crippen LogP contribution is -1.79. The molecule has 0 aliphatic rings. The molecule has 11 heavy (non-hydrogen) atoms. The van der Waals surface area contributed by atoms with Crippen molar-refractivity contribution in [2.24, 2.45) is 5.18 Å². The van der Waals surface area contributed by atoms with Crippen molar-refractivity contribution in [2.75, 3.05) is 0 Å². The maximum absolute atomic E-state index is 12.6. The largest absolute Gasteiger partial charge is 0.505 e. The van der Waals surface area contributed by atoms with Crippen LogP contribution in [-0.2, 0) is 0 Å². The highest BCUT2D eigenvalue weighted by molar-refractivity contribution is 5.47. The Balaban J connectivity index is 3.35. The van der Waals surface area contributed by atoms with Crippen LogP contribution in [0.25, 0.3) is 0 Å². The van der Waals surface area contributed by atoms with E-state index in [1.165, 1.54) is 12.1 Å². The summed E-state index contributed by atoms with van der Waals surface area (Å²) in [4.78, 5) is 9.93. The molecule has 0 spiro atoms. The Morgan fingerprint density at radius 2 is 2.18 bits per heavy atom. The van der Waals surface area contributed by atoms with E-state index < -0.39 is 11.6 Å². The van der Waals surface area contributed by atoms with Crippen molar-refractivity contribution in [1.82, 2.24) is 0 Å². The van der Waals surface area contributed by atoms with Crippen LogP contribution in [0.5, 0.6) is 5.75 Å². The summed E-state index contributed by atoms with van der Waals surface area (Å²) in [6, 6.07) is 2.49. The number of aromatic hydroxyl groups is 1. The molecule has 1 rings (SSSR count). The van der Waals surface area contributed by atoms with Crippen LogP contribution >= 0.6 is 0 Å². The summed E-state index contributed by atoms with van der Waals surface area (Å²) in [5, 5.41) is 11.2. The fourth-order valence-electron chi connectivity index (χ4n) is 0.797. The average molecular weight is 155 g/mol. The maximum atomic E-state index is 12.6. The number of phenols is 1. The van der Waals surface area contributed by atoms with Crippen molar-refractivity contribution in [3.63, 3.8) is 0 Å². The summed E-state index contributed by atoms with van der Waals surface area (Å²) in [6.07, 6.45) is 0. The third-order valence-corrected chi connectivity index (χ3v) is 1.28. The Kier molecular flexibility index (Phi) is 1.85. The van der Waals surface area contributed by atoms with Gasteiger partial charge in [-0.15, -0.1) is 4.91 Å². The number of hydrogen-bond donors (Lipinski definition) is 1. The number of phenolic OH excluding ortho intramolecular Hbond substituents is 1. The van der Waals surface area contributed by atoms with Crippen LogP contribution < -0.4 is 0 Å². The molecule has 0 aromatic heterocycles. The number of rotatable bonds is 1. The van der Waals surface area contributed by atoms with E-state index >= 15 is 0 Å². The second kappa shape index (κ2) is 2.65. The van der Waals surface area contributed by atoms with Crippen molar-refractivity contribution in [3.8, 4) is 5.75 Å². The van der Waals surface area contributed by atoms with Gasteiger partial charge in [0.1, 0.15) is 5.69 Å². The molecule has 0 radical (unpaired) electrons. The van der Waals surface area contributed by atoms with Gasteiger partial charge in [-0.1, -0.05) is 0 Å². The Bertz CT molecular complexity index is 299. The molecule has 0 bridgehead atoms. The summed E-state index contributed by atoms with van der Waals surface area (Å²) in [7, 11) is 0. The first kappa shape index (κ1) is 7.65. The number of aryl methyl sites for hydroxylation is 1. The minimum Gasteiger partial charge on any atom is -0.505 e. The van der Waals surface area contributed by atoms with Crippen LogP contribution in [0, 0.1) is 17.6 Å². The molecule has 1 aromatic rings. The normalized spacial score (nSPS) is 9.64. The van der Waals surface area contributed by atoms with E-state index in [-0.39, 0.29) is 5.69 Å². The molecule has 1 aromatic carbocycles. The minimum absolute atomic E-state index is 0.359. The van der Waals surface area contributed by atoms with Gasteiger partial charge in [0, 0.05) is 0 Å². The molecule has 0 atom stereocenters. The highest BCUT2D eigenvalue weighted by atomic mass is 19.1. The zero-order valence-electron chi connectivity index (χ0n) is 5.84. The van der Waals surface area contributed by atoms with E-state index in [0.717, 1.165) is 0 Å². The highest BCUT2D eigenvalue weighted by Gasteiger charge is 2.07. The molecular formula is C7H6FNO2. The predicted octanol–water partition coefficient (Wildman–Crippen LogP) is 2.24. The molecule has 4 heteroatoms. The van der Waals surface area contributed by atoms with Crippen LogP contribution in [0.1, 0.15) is 5.56 Å². The van der Waals surface area contributed by atoms with Gasteiger partial charge in [0.2, 0.25) is 0 Å². The fraction of sp³-hybridized carbons (Fsp3) is 0.143. The van der Waals surface area contributed by atoms with E-state index in [1.807, 2.05) is 0 Å². The van der Waals surface area contributed by atoms with Crippen LogP contribution in [0.3, 0.4) is 0 Å². The average Bonchev–Trinajstić information content (AvgIpc) is 1.96. The molecule has 0 aliphatic carbocycles. The lowest BCUT2D eigenvalue weighted by Gasteiger charge is -1.98. The monoisotopic (exact) mass is 155 g/mol. The molecule has 3 nitrogen and oxygen atoms in total. The maximum Gasteiger partial charge on any atom is 0.193 e. The van der Waals surface area contributed by atoms with Crippen molar-refractivity contribution in [3.05, 3.63) is 28.4 Å². The standard InChI is InChI=1S/C7H6FNO2/c1-4-2-5(9-11)7(8)6(10)3-4/h2-3,10H,1H3. The Morgan fingerprint density at radius 3 is 2.73 bits per heavy atom. The lowest BCUT2D eigenvalue weighted by molar-refractivity contribution is 0.433. The summed E-state index contributed by atoms with van der Waals surface area (Å²) in [6.45, 7) is 1.63. The molecule has 58 valence electrons. The first-order valence-electron chi connectivity index (χ1n) is 2.97. The van der Waals surface area contributed by atoms with Crippen LogP contribution in [-0.4, -0.2) is 5.11 Å². The van der Waals surface area contributed by atoms with Gasteiger partial charge in [-0.25, -0.2) is 4.39 Å². The van der Waals surface area contributed by atoms with Gasteiger partial charge in [0.05, 0.1) is 0 Å². The third kappa shape index (κ3) is 1.34. The van der Waals surface area contributed by atoms with Gasteiger partial charge in [-0.3, -0.25) is 0 Å². The van der Waals surface area contributed by atoms with Gasteiger partial charge >= 0.3 is 0 Å². The fourth-order valence-corrected chi connectivity index (χ4v) is 0.797. The molecule has 1 N–H and O–H groups in total. The molecule has 0 heterocycles. The Labute approximate surface area is 62.5 Å². The van der Waals surface area contributed by atoms with E-state index in [4.69, 9.17) is 5.11 Å². The molecule has 0 saturated heterocycles. The van der Waals surface area contributed by atoms with Crippen molar-refractivity contribution < 1.29 is 9.50 Å². The van der Waals surface area contributed by atoms with Gasteiger partial charge in [0.25, 0.3) is 0 Å². The molecule has 0 aliphatic heterocycles. The number of benzene rings is 1. The smallest absolute Gasteiger partial charge is 0.193 e. The van der Waals surface area contributed by atoms with E-state index in [1.54, 1.807) is 6.92 Å². The number of nitroso groups, excluding NO2 is 1. The van der Waals surface area contributed by atoms with Gasteiger partial charge < -0.3 is 5.11 Å². The van der Waals surface area contributed by atoms with E-state index in [9.17, 15) is 9.30 Å². The molecule has 0 amide bonds. The molecular weight excluding hydrogens is 149 g/mol. The lowest BCUT2D eigenvalue weighted by atomic mass is 10.2. The zero-order valence-corrected chi connectivity index (χ0v) is 5.84. The number of halogens is 1. The van der Waals surface area contributed by atoms with E-state index in [2.05, 4.69) is 5.18 Å². The minimum atomic E-state index is -0.967. The molecule has 0 fully saturated rings. The van der Waals surface area contributed by atoms with Gasteiger partial charge in [-0.2, -0.15) is 0 Å². The Hall–Kier alpha value is -1.45. The van der Waals surface area contributed by atoms with Crippen molar-refractivity contribution in [1.29, 1.82) is 0 Å². The summed E-state index contributed by atoms with van der Waals surface area (Å²) < 4.78 is 12.6. The summed E-state index contributed by atoms with van der Waals surface area (Å²) in [5.41, 5.74) is 0.237. The second-order valence-electron chi connectivity index (χ2n) is 2.21. The van der Waals surface area contributed by atoms with Crippen molar-refractivity contribution >= 4 is 5.69 Å². The zero-order chi connectivity index (χ0) is 8.43. The summed E-state index contributed by atoms with van der Waals surface area (Å²) >= 11 is 0. The van der Waals surface area contributed by atoms with Crippen LogP contribution in [0.4, 0.5) is 10.1 Å². The van der Waals surface area contributed by atoms with Gasteiger partial charge in [-0.05, 0) is 29.8 Å². The van der Waals surface area contributed by atoms with Crippen molar-refractivity contribution in [2.45, 2.75) is 6.92 Å². The quantitative estimate of drug-likeness (QED) is 0.632. The van der Waals surface area contributed by atoms with E-state index in [0.29, 0.717) is 5.56 Å². The summed E-state index contributed by atoms with van der Waals surface area (Å²) in [5.74, 6) is -1.51. The Morgan fingerprint density at radius 1 is 1.55 bits per heavy atom.